The van der Waals surface area contributed by atoms with Gasteiger partial charge in [-0.05, 0) is 41.0 Å². The summed E-state index contributed by atoms with van der Waals surface area (Å²) in [7, 11) is 1.33. The molecule has 0 saturated carbocycles. The highest BCUT2D eigenvalue weighted by molar-refractivity contribution is 6.22. The van der Waals surface area contributed by atoms with Gasteiger partial charge in [-0.2, -0.15) is 0 Å². The molecule has 138 valence electrons. The predicted molar refractivity (Wildman–Crippen MR) is 104 cm³/mol. The minimum atomic E-state index is -0.403. The van der Waals surface area contributed by atoms with Crippen LogP contribution >= 0.6 is 0 Å². The summed E-state index contributed by atoms with van der Waals surface area (Å²) in [5.74, 6) is -0.721. The van der Waals surface area contributed by atoms with E-state index in [1.54, 1.807) is 42.5 Å². The van der Waals surface area contributed by atoms with Gasteiger partial charge in [-0.25, -0.2) is 4.79 Å². The van der Waals surface area contributed by atoms with Crippen LogP contribution in [0.15, 0.2) is 66.7 Å². The molecule has 1 aliphatic rings. The maximum absolute atomic E-state index is 12.6. The number of carbonyl (C=O) groups is 3. The van der Waals surface area contributed by atoms with Crippen molar-refractivity contribution in [2.24, 2.45) is 0 Å². The Morgan fingerprint density at radius 3 is 2.18 bits per heavy atom. The van der Waals surface area contributed by atoms with Crippen LogP contribution in [0.2, 0.25) is 0 Å². The molecule has 1 N–H and O–H groups in total. The third-order valence-electron chi connectivity index (χ3n) is 4.82. The number of hydrogen-bond donors (Lipinski definition) is 1. The minimum absolute atomic E-state index is 0.0568. The normalized spacial score (nSPS) is 11.5. The molecule has 1 aliphatic carbocycles. The van der Waals surface area contributed by atoms with Gasteiger partial charge in [0.25, 0.3) is 5.91 Å². The highest BCUT2D eigenvalue weighted by Gasteiger charge is 2.26. The van der Waals surface area contributed by atoms with E-state index < -0.39 is 5.97 Å². The van der Waals surface area contributed by atoms with E-state index in [9.17, 15) is 14.4 Å². The molecule has 5 heteroatoms. The number of carbonyl (C=O) groups excluding carboxylic acids is 3. The van der Waals surface area contributed by atoms with Crippen LogP contribution in [0.4, 0.5) is 0 Å². The zero-order valence-electron chi connectivity index (χ0n) is 15.2. The van der Waals surface area contributed by atoms with Gasteiger partial charge in [0.1, 0.15) is 0 Å². The average molecular weight is 371 g/mol. The molecule has 0 aliphatic heterocycles. The molecule has 0 fully saturated rings. The first-order chi connectivity index (χ1) is 13.6. The summed E-state index contributed by atoms with van der Waals surface area (Å²) in [5, 5.41) is 2.84. The molecule has 4 rings (SSSR count). The maximum atomic E-state index is 12.6. The molecule has 3 aromatic carbocycles. The van der Waals surface area contributed by atoms with Crippen molar-refractivity contribution in [3.05, 3.63) is 94.5 Å². The highest BCUT2D eigenvalue weighted by atomic mass is 16.5. The van der Waals surface area contributed by atoms with E-state index in [2.05, 4.69) is 10.1 Å². The third kappa shape index (κ3) is 3.07. The molecule has 1 amide bonds. The molecule has 0 unspecified atom stereocenters. The van der Waals surface area contributed by atoms with Crippen LogP contribution in [0.3, 0.4) is 0 Å². The van der Waals surface area contributed by atoms with Crippen molar-refractivity contribution >= 4 is 17.7 Å². The van der Waals surface area contributed by atoms with Crippen molar-refractivity contribution in [1.82, 2.24) is 5.32 Å². The number of nitrogens with one attached hydrogen (secondary N) is 1. The molecule has 3 aromatic rings. The van der Waals surface area contributed by atoms with Crippen LogP contribution in [-0.2, 0) is 11.3 Å². The second kappa shape index (κ2) is 7.12. The van der Waals surface area contributed by atoms with E-state index in [1.165, 1.54) is 7.11 Å². The Kier molecular flexibility index (Phi) is 4.49. The van der Waals surface area contributed by atoms with Crippen LogP contribution < -0.4 is 5.32 Å². The number of ether oxygens (including phenoxy) is 1. The molecule has 0 atom stereocenters. The number of methoxy groups -OCH3 is 1. The lowest BCUT2D eigenvalue weighted by Crippen LogP contribution is -2.23. The Morgan fingerprint density at radius 1 is 0.821 bits per heavy atom. The Balaban J connectivity index is 1.48. The van der Waals surface area contributed by atoms with Crippen LogP contribution in [0, 0.1) is 0 Å². The third-order valence-corrected chi connectivity index (χ3v) is 4.82. The first-order valence-corrected chi connectivity index (χ1v) is 8.82. The van der Waals surface area contributed by atoms with Gasteiger partial charge in [0.05, 0.1) is 12.7 Å². The summed E-state index contributed by atoms with van der Waals surface area (Å²) in [6.07, 6.45) is 0. The molecule has 0 bridgehead atoms. The quantitative estimate of drug-likeness (QED) is 0.556. The summed E-state index contributed by atoms with van der Waals surface area (Å²) < 4.78 is 4.66. The number of fused-ring (bicyclic) bond motifs is 3. The molecular weight excluding hydrogens is 354 g/mol. The van der Waals surface area contributed by atoms with E-state index in [0.717, 1.165) is 16.7 Å². The summed E-state index contributed by atoms with van der Waals surface area (Å²) in [5.41, 5.74) is 4.72. The van der Waals surface area contributed by atoms with Gasteiger partial charge < -0.3 is 10.1 Å². The van der Waals surface area contributed by atoms with E-state index in [4.69, 9.17) is 0 Å². The zero-order chi connectivity index (χ0) is 19.7. The number of rotatable bonds is 4. The fraction of sp³-hybridized carbons (Fsp3) is 0.0870. The predicted octanol–water partition coefficient (Wildman–Crippen LogP) is 3.61. The van der Waals surface area contributed by atoms with Gasteiger partial charge in [-0.1, -0.05) is 42.5 Å². The van der Waals surface area contributed by atoms with E-state index >= 15 is 0 Å². The summed E-state index contributed by atoms with van der Waals surface area (Å²) in [4.78, 5) is 36.6. The monoisotopic (exact) mass is 371 g/mol. The van der Waals surface area contributed by atoms with E-state index in [-0.39, 0.29) is 11.7 Å². The van der Waals surface area contributed by atoms with Crippen molar-refractivity contribution < 1.29 is 19.1 Å². The van der Waals surface area contributed by atoms with E-state index in [0.29, 0.717) is 28.8 Å². The summed E-state index contributed by atoms with van der Waals surface area (Å²) in [6, 6.07) is 19.5. The van der Waals surface area contributed by atoms with Crippen LogP contribution in [-0.4, -0.2) is 24.8 Å². The average Bonchev–Trinajstić information content (AvgIpc) is 3.04. The minimum Gasteiger partial charge on any atom is -0.465 e. The lowest BCUT2D eigenvalue weighted by Gasteiger charge is -2.08. The Bertz CT molecular complexity index is 1100. The topological polar surface area (TPSA) is 72.5 Å². The van der Waals surface area contributed by atoms with Gasteiger partial charge in [0.15, 0.2) is 5.78 Å². The van der Waals surface area contributed by atoms with Crippen LogP contribution in [0.5, 0.6) is 0 Å². The number of amides is 1. The molecule has 0 heterocycles. The lowest BCUT2D eigenvalue weighted by atomic mass is 10.0. The largest absolute Gasteiger partial charge is 0.465 e. The number of benzene rings is 3. The van der Waals surface area contributed by atoms with Crippen LogP contribution in [0.25, 0.3) is 11.1 Å². The molecule has 0 spiro atoms. The van der Waals surface area contributed by atoms with Gasteiger partial charge in [0, 0.05) is 23.2 Å². The van der Waals surface area contributed by atoms with E-state index in [1.807, 2.05) is 24.3 Å². The van der Waals surface area contributed by atoms with Crippen LogP contribution in [0.1, 0.15) is 42.2 Å². The summed E-state index contributed by atoms with van der Waals surface area (Å²) >= 11 is 0. The lowest BCUT2D eigenvalue weighted by molar-refractivity contribution is 0.0600. The first kappa shape index (κ1) is 17.7. The maximum Gasteiger partial charge on any atom is 0.337 e. The molecule has 5 nitrogen and oxygen atoms in total. The molecule has 0 aromatic heterocycles. The fourth-order valence-corrected chi connectivity index (χ4v) is 3.33. The SMILES string of the molecule is COC(=O)c1ccc(CNC(=O)c2ccc3c(c2)C(=O)c2ccccc2-3)cc1. The second-order valence-corrected chi connectivity index (χ2v) is 6.51. The summed E-state index contributed by atoms with van der Waals surface area (Å²) in [6.45, 7) is 0.311. The van der Waals surface area contributed by atoms with Crippen molar-refractivity contribution in [3.8, 4) is 11.1 Å². The van der Waals surface area contributed by atoms with Gasteiger partial charge in [-0.15, -0.1) is 0 Å². The van der Waals surface area contributed by atoms with Gasteiger partial charge in [-0.3, -0.25) is 9.59 Å². The number of ketones is 1. The number of hydrogen-bond acceptors (Lipinski definition) is 4. The zero-order valence-corrected chi connectivity index (χ0v) is 15.2. The molecule has 28 heavy (non-hydrogen) atoms. The Labute approximate surface area is 162 Å². The van der Waals surface area contributed by atoms with Crippen molar-refractivity contribution in [3.63, 3.8) is 0 Å². The fourth-order valence-electron chi connectivity index (χ4n) is 3.33. The second-order valence-electron chi connectivity index (χ2n) is 6.51. The Morgan fingerprint density at radius 2 is 1.46 bits per heavy atom. The highest BCUT2D eigenvalue weighted by Crippen LogP contribution is 2.36. The Hall–Kier alpha value is -3.73. The molecule has 0 saturated heterocycles. The molecule has 0 radical (unpaired) electrons. The van der Waals surface area contributed by atoms with Gasteiger partial charge in [0.2, 0.25) is 0 Å². The number of esters is 1. The smallest absolute Gasteiger partial charge is 0.337 e. The van der Waals surface area contributed by atoms with Crippen molar-refractivity contribution in [2.45, 2.75) is 6.54 Å². The first-order valence-electron chi connectivity index (χ1n) is 8.82. The van der Waals surface area contributed by atoms with Crippen molar-refractivity contribution in [2.75, 3.05) is 7.11 Å². The molecular formula is C23H17NO4. The van der Waals surface area contributed by atoms with Gasteiger partial charge >= 0.3 is 5.97 Å². The van der Waals surface area contributed by atoms with Crippen molar-refractivity contribution in [1.29, 1.82) is 0 Å². The standard InChI is InChI=1S/C23H17NO4/c1-28-23(27)15-8-6-14(7-9-15)13-24-22(26)16-10-11-18-17-4-2-3-5-19(17)21(25)20(18)12-16/h2-12H,13H2,1H3,(H,24,26).